The molecule has 1 aromatic carbocycles. The van der Waals surface area contributed by atoms with Crippen LogP contribution in [0.4, 0.5) is 13.2 Å². The maximum Gasteiger partial charge on any atom is 0.416 e. The zero-order valence-corrected chi connectivity index (χ0v) is 8.99. The van der Waals surface area contributed by atoms with Crippen LogP contribution in [-0.2, 0) is 22.3 Å². The van der Waals surface area contributed by atoms with Crippen molar-refractivity contribution in [1.29, 1.82) is 0 Å². The van der Waals surface area contributed by atoms with E-state index in [2.05, 4.69) is 0 Å². The fourth-order valence-corrected chi connectivity index (χ4v) is 1.21. The van der Waals surface area contributed by atoms with Crippen LogP contribution in [0.15, 0.2) is 24.3 Å². The Kier molecular flexibility index (Phi) is 4.11. The molecule has 1 N–H and O–H groups in total. The van der Waals surface area contributed by atoms with Gasteiger partial charge in [0.05, 0.1) is 12.2 Å². The first-order valence-electron chi connectivity index (χ1n) is 4.82. The zero-order chi connectivity index (χ0) is 13.1. The monoisotopic (exact) mass is 248 g/mol. The number of carboxylic acid groups (broad SMARTS) is 1. The molecule has 0 amide bonds. The summed E-state index contributed by atoms with van der Waals surface area (Å²) in [5, 5.41) is 8.54. The second-order valence-electron chi connectivity index (χ2n) is 3.45. The highest BCUT2D eigenvalue weighted by Crippen LogP contribution is 2.32. The van der Waals surface area contributed by atoms with Crippen molar-refractivity contribution in [3.63, 3.8) is 0 Å². The fourth-order valence-electron chi connectivity index (χ4n) is 1.21. The largest absolute Gasteiger partial charge is 0.479 e. The van der Waals surface area contributed by atoms with E-state index in [1.54, 1.807) is 0 Å². The van der Waals surface area contributed by atoms with Crippen molar-refractivity contribution in [2.75, 3.05) is 0 Å². The molecule has 1 atom stereocenters. The van der Waals surface area contributed by atoms with E-state index in [0.29, 0.717) is 0 Å². The number of ether oxygens (including phenoxy) is 1. The predicted octanol–water partition coefficient (Wildman–Crippen LogP) is 2.70. The summed E-state index contributed by atoms with van der Waals surface area (Å²) in [6.07, 6.45) is -5.61. The van der Waals surface area contributed by atoms with Crippen molar-refractivity contribution in [1.82, 2.24) is 0 Å². The third kappa shape index (κ3) is 3.74. The van der Waals surface area contributed by atoms with Crippen molar-refractivity contribution in [3.05, 3.63) is 35.4 Å². The molecule has 0 unspecified atom stereocenters. The van der Waals surface area contributed by atoms with Crippen LogP contribution in [0.25, 0.3) is 0 Å². The van der Waals surface area contributed by atoms with Gasteiger partial charge in [-0.3, -0.25) is 0 Å². The second kappa shape index (κ2) is 5.18. The van der Waals surface area contributed by atoms with E-state index >= 15 is 0 Å². The minimum atomic E-state index is -4.47. The standard InChI is InChI=1S/C11H11F3O3/c1-7(10(15)16)17-6-8-4-2-3-5-9(8)11(12,13)14/h2-5,7H,6H2,1H3,(H,15,16)/t7-/m0/s1. The summed E-state index contributed by atoms with van der Waals surface area (Å²) >= 11 is 0. The minimum absolute atomic E-state index is 0.0758. The maximum atomic E-state index is 12.6. The van der Waals surface area contributed by atoms with Crippen molar-refractivity contribution in [2.24, 2.45) is 0 Å². The first kappa shape index (κ1) is 13.5. The number of hydrogen-bond acceptors (Lipinski definition) is 2. The Balaban J connectivity index is 2.81. The third-order valence-corrected chi connectivity index (χ3v) is 2.16. The normalized spacial score (nSPS) is 13.4. The topological polar surface area (TPSA) is 46.5 Å². The highest BCUT2D eigenvalue weighted by Gasteiger charge is 2.33. The molecule has 1 aromatic rings. The third-order valence-electron chi connectivity index (χ3n) is 2.16. The van der Waals surface area contributed by atoms with Crippen molar-refractivity contribution >= 4 is 5.97 Å². The molecular formula is C11H11F3O3. The zero-order valence-electron chi connectivity index (χ0n) is 8.99. The Morgan fingerprint density at radius 2 is 2.00 bits per heavy atom. The first-order valence-corrected chi connectivity index (χ1v) is 4.82. The van der Waals surface area contributed by atoms with E-state index in [4.69, 9.17) is 9.84 Å². The predicted molar refractivity (Wildman–Crippen MR) is 53.3 cm³/mol. The molecule has 0 aliphatic heterocycles. The summed E-state index contributed by atoms with van der Waals surface area (Å²) in [7, 11) is 0. The number of hydrogen-bond donors (Lipinski definition) is 1. The fraction of sp³-hybridized carbons (Fsp3) is 0.364. The van der Waals surface area contributed by atoms with Gasteiger partial charge in [-0.05, 0) is 18.6 Å². The average molecular weight is 248 g/mol. The van der Waals surface area contributed by atoms with Crippen LogP contribution in [0.5, 0.6) is 0 Å². The molecule has 1 rings (SSSR count). The van der Waals surface area contributed by atoms with Gasteiger partial charge >= 0.3 is 12.1 Å². The lowest BCUT2D eigenvalue weighted by Crippen LogP contribution is -2.20. The summed E-state index contributed by atoms with van der Waals surface area (Å²) in [5.41, 5.74) is -0.884. The van der Waals surface area contributed by atoms with Gasteiger partial charge in [0.25, 0.3) is 0 Å². The van der Waals surface area contributed by atoms with Crippen molar-refractivity contribution < 1.29 is 27.8 Å². The highest BCUT2D eigenvalue weighted by molar-refractivity contribution is 5.71. The van der Waals surface area contributed by atoms with Gasteiger partial charge in [-0.1, -0.05) is 18.2 Å². The molecule has 94 valence electrons. The minimum Gasteiger partial charge on any atom is -0.479 e. The van der Waals surface area contributed by atoms with Crippen molar-refractivity contribution in [3.8, 4) is 0 Å². The maximum absolute atomic E-state index is 12.6. The van der Waals surface area contributed by atoms with Crippen LogP contribution in [0.2, 0.25) is 0 Å². The molecule has 0 aromatic heterocycles. The number of carboxylic acids is 1. The molecule has 0 fully saturated rings. The second-order valence-corrected chi connectivity index (χ2v) is 3.45. The molecule has 0 aliphatic carbocycles. The van der Waals surface area contributed by atoms with Gasteiger partial charge in [0.15, 0.2) is 6.10 Å². The van der Waals surface area contributed by atoms with E-state index in [-0.39, 0.29) is 12.2 Å². The lowest BCUT2D eigenvalue weighted by Gasteiger charge is -2.14. The van der Waals surface area contributed by atoms with E-state index in [9.17, 15) is 18.0 Å². The Morgan fingerprint density at radius 1 is 1.41 bits per heavy atom. The molecule has 6 heteroatoms. The lowest BCUT2D eigenvalue weighted by atomic mass is 10.1. The number of rotatable bonds is 4. The molecule has 0 heterocycles. The number of alkyl halides is 3. The lowest BCUT2D eigenvalue weighted by molar-refractivity contribution is -0.150. The molecule has 0 saturated carbocycles. The number of benzene rings is 1. The Hall–Kier alpha value is -1.56. The van der Waals surface area contributed by atoms with Crippen LogP contribution in [0.3, 0.4) is 0 Å². The Labute approximate surface area is 95.8 Å². The molecular weight excluding hydrogens is 237 g/mol. The summed E-state index contributed by atoms with van der Waals surface area (Å²) in [6.45, 7) is 0.877. The van der Waals surface area contributed by atoms with Gasteiger partial charge in [0.2, 0.25) is 0 Å². The summed E-state index contributed by atoms with van der Waals surface area (Å²) < 4.78 is 42.5. The SMILES string of the molecule is C[C@H](OCc1ccccc1C(F)(F)F)C(=O)O. The molecule has 0 aliphatic rings. The molecule has 3 nitrogen and oxygen atoms in total. The van der Waals surface area contributed by atoms with Crippen LogP contribution in [-0.4, -0.2) is 17.2 Å². The Morgan fingerprint density at radius 3 is 2.53 bits per heavy atom. The molecule has 0 saturated heterocycles. The quantitative estimate of drug-likeness (QED) is 0.891. The smallest absolute Gasteiger partial charge is 0.416 e. The highest BCUT2D eigenvalue weighted by atomic mass is 19.4. The van der Waals surface area contributed by atoms with Gasteiger partial charge in [-0.25, -0.2) is 4.79 Å². The van der Waals surface area contributed by atoms with Gasteiger partial charge in [0.1, 0.15) is 0 Å². The number of halogens is 3. The van der Waals surface area contributed by atoms with E-state index < -0.39 is 23.8 Å². The van der Waals surface area contributed by atoms with Gasteiger partial charge in [-0.15, -0.1) is 0 Å². The van der Waals surface area contributed by atoms with Crippen LogP contribution in [0, 0.1) is 0 Å². The van der Waals surface area contributed by atoms with E-state index in [1.807, 2.05) is 0 Å². The first-order chi connectivity index (χ1) is 7.82. The van der Waals surface area contributed by atoms with Crippen LogP contribution in [0.1, 0.15) is 18.1 Å². The van der Waals surface area contributed by atoms with Gasteiger partial charge in [0, 0.05) is 0 Å². The summed E-state index contributed by atoms with van der Waals surface area (Å²) in [6, 6.07) is 4.91. The molecule has 17 heavy (non-hydrogen) atoms. The average Bonchev–Trinajstić information content (AvgIpc) is 2.24. The molecule has 0 bridgehead atoms. The van der Waals surface area contributed by atoms with Crippen LogP contribution < -0.4 is 0 Å². The van der Waals surface area contributed by atoms with Gasteiger partial charge < -0.3 is 9.84 Å². The summed E-state index contributed by atoms with van der Waals surface area (Å²) in [4.78, 5) is 10.5. The Bertz CT molecular complexity index is 401. The van der Waals surface area contributed by atoms with Crippen LogP contribution >= 0.6 is 0 Å². The molecule has 0 spiro atoms. The molecule has 0 radical (unpaired) electrons. The van der Waals surface area contributed by atoms with Crippen molar-refractivity contribution in [2.45, 2.75) is 25.8 Å². The van der Waals surface area contributed by atoms with Gasteiger partial charge in [-0.2, -0.15) is 13.2 Å². The van der Waals surface area contributed by atoms with E-state index in [0.717, 1.165) is 6.07 Å². The number of carbonyl (C=O) groups is 1. The van der Waals surface area contributed by atoms with E-state index in [1.165, 1.54) is 25.1 Å². The number of aliphatic carboxylic acids is 1. The summed E-state index contributed by atoms with van der Waals surface area (Å²) in [5.74, 6) is -1.21.